The van der Waals surface area contributed by atoms with Crippen LogP contribution in [-0.2, 0) is 4.79 Å². The number of nitrogens with one attached hydrogen (secondary N) is 1. The summed E-state index contributed by atoms with van der Waals surface area (Å²) in [5.41, 5.74) is -0.837. The summed E-state index contributed by atoms with van der Waals surface area (Å²) in [5.74, 6) is -1.18. The average Bonchev–Trinajstić information content (AvgIpc) is 2.38. The minimum absolute atomic E-state index is 0.182. The van der Waals surface area contributed by atoms with Gasteiger partial charge in [-0.05, 0) is 25.0 Å². The number of amides is 1. The van der Waals surface area contributed by atoms with Gasteiger partial charge in [0.05, 0.1) is 16.1 Å². The number of rotatable bonds is 4. The normalized spacial score (nSPS) is 10.9. The van der Waals surface area contributed by atoms with Crippen LogP contribution in [0.2, 0.25) is 10.0 Å². The maximum Gasteiger partial charge on any atom is 0.244 e. The van der Waals surface area contributed by atoms with E-state index in [4.69, 9.17) is 28.5 Å². The average molecular weight is 303 g/mol. The zero-order valence-electron chi connectivity index (χ0n) is 10.6. The number of nitrogens with zero attached hydrogens (tertiary/aromatic N) is 1. The van der Waals surface area contributed by atoms with E-state index in [0.717, 1.165) is 0 Å². The first kappa shape index (κ1) is 15.7. The summed E-state index contributed by atoms with van der Waals surface area (Å²) in [6.07, 6.45) is 0.767. The number of carbonyl (C=O) groups excluding carboxylic acids is 1. The molecule has 0 bridgehead atoms. The molecule has 0 aliphatic heterocycles. The molecule has 1 amide bonds. The lowest BCUT2D eigenvalue weighted by Gasteiger charge is -2.22. The molecule has 1 rings (SSSR count). The van der Waals surface area contributed by atoms with Crippen LogP contribution in [0.5, 0.6) is 0 Å². The quantitative estimate of drug-likeness (QED) is 0.838. The van der Waals surface area contributed by atoms with Gasteiger partial charge in [-0.25, -0.2) is 4.39 Å². The molecule has 3 nitrogen and oxygen atoms in total. The standard InChI is InChI=1S/C13H13Cl2FN2O/c1-3-13(4-2,7-17)12(19)18-8-5-9(14)11(16)10(15)6-8/h5-6H,3-4H2,1-2H3,(H,18,19). The molecule has 1 aromatic rings. The van der Waals surface area contributed by atoms with Crippen molar-refractivity contribution in [3.8, 4) is 6.07 Å². The van der Waals surface area contributed by atoms with Gasteiger partial charge in [-0.1, -0.05) is 37.0 Å². The van der Waals surface area contributed by atoms with Crippen molar-refractivity contribution < 1.29 is 9.18 Å². The Bertz CT molecular complexity index is 513. The van der Waals surface area contributed by atoms with Gasteiger partial charge in [-0.15, -0.1) is 0 Å². The Hall–Kier alpha value is -1.31. The highest BCUT2D eigenvalue weighted by Gasteiger charge is 2.35. The molecule has 6 heteroatoms. The topological polar surface area (TPSA) is 52.9 Å². The van der Waals surface area contributed by atoms with E-state index in [1.807, 2.05) is 6.07 Å². The molecule has 0 heterocycles. The fourth-order valence-corrected chi connectivity index (χ4v) is 2.15. The Balaban J connectivity index is 3.04. The third kappa shape index (κ3) is 3.17. The predicted octanol–water partition coefficient (Wildman–Crippen LogP) is 4.40. The molecular formula is C13H13Cl2FN2O. The molecule has 0 atom stereocenters. The highest BCUT2D eigenvalue weighted by Crippen LogP contribution is 2.30. The van der Waals surface area contributed by atoms with Crippen LogP contribution in [0, 0.1) is 22.6 Å². The number of anilines is 1. The molecule has 0 fully saturated rings. The van der Waals surface area contributed by atoms with Crippen molar-refractivity contribution in [3.05, 3.63) is 28.0 Å². The molecular weight excluding hydrogens is 290 g/mol. The van der Waals surface area contributed by atoms with E-state index in [0.29, 0.717) is 12.8 Å². The van der Waals surface area contributed by atoms with Gasteiger partial charge in [0, 0.05) is 5.69 Å². The van der Waals surface area contributed by atoms with E-state index in [1.54, 1.807) is 13.8 Å². The van der Waals surface area contributed by atoms with Crippen molar-refractivity contribution in [2.24, 2.45) is 5.41 Å². The smallest absolute Gasteiger partial charge is 0.244 e. The van der Waals surface area contributed by atoms with Crippen LogP contribution in [0.1, 0.15) is 26.7 Å². The van der Waals surface area contributed by atoms with E-state index in [2.05, 4.69) is 5.32 Å². The molecule has 0 unspecified atom stereocenters. The van der Waals surface area contributed by atoms with Crippen LogP contribution < -0.4 is 5.32 Å². The van der Waals surface area contributed by atoms with Gasteiger partial charge in [0.15, 0.2) is 5.82 Å². The number of nitriles is 1. The van der Waals surface area contributed by atoms with Gasteiger partial charge < -0.3 is 5.32 Å². The van der Waals surface area contributed by atoms with Gasteiger partial charge in [0.1, 0.15) is 5.41 Å². The molecule has 1 N–H and O–H groups in total. The predicted molar refractivity (Wildman–Crippen MR) is 73.7 cm³/mol. The van der Waals surface area contributed by atoms with E-state index < -0.39 is 17.1 Å². The minimum Gasteiger partial charge on any atom is -0.325 e. The largest absolute Gasteiger partial charge is 0.325 e. The molecule has 0 aliphatic rings. The molecule has 102 valence electrons. The van der Waals surface area contributed by atoms with E-state index in [1.165, 1.54) is 12.1 Å². The van der Waals surface area contributed by atoms with Crippen LogP contribution in [-0.4, -0.2) is 5.91 Å². The minimum atomic E-state index is -1.10. The van der Waals surface area contributed by atoms with Gasteiger partial charge in [-0.3, -0.25) is 4.79 Å². The molecule has 0 saturated carbocycles. The van der Waals surface area contributed by atoms with Crippen LogP contribution in [0.3, 0.4) is 0 Å². The van der Waals surface area contributed by atoms with Crippen molar-refractivity contribution in [1.82, 2.24) is 0 Å². The van der Waals surface area contributed by atoms with E-state index >= 15 is 0 Å². The monoisotopic (exact) mass is 302 g/mol. The Labute approximate surface area is 121 Å². The van der Waals surface area contributed by atoms with Gasteiger partial charge in [0.2, 0.25) is 5.91 Å². The summed E-state index contributed by atoms with van der Waals surface area (Å²) in [7, 11) is 0. The summed E-state index contributed by atoms with van der Waals surface area (Å²) in [6.45, 7) is 3.52. The number of hydrogen-bond acceptors (Lipinski definition) is 2. The molecule has 0 spiro atoms. The van der Waals surface area contributed by atoms with Crippen molar-refractivity contribution in [3.63, 3.8) is 0 Å². The van der Waals surface area contributed by atoms with Gasteiger partial charge in [-0.2, -0.15) is 5.26 Å². The molecule has 19 heavy (non-hydrogen) atoms. The molecule has 1 aromatic carbocycles. The summed E-state index contributed by atoms with van der Waals surface area (Å²) in [6, 6.07) is 4.54. The zero-order valence-corrected chi connectivity index (χ0v) is 12.1. The molecule has 0 aromatic heterocycles. The van der Waals surface area contributed by atoms with Crippen LogP contribution in [0.4, 0.5) is 10.1 Å². The second kappa shape index (κ2) is 6.23. The number of halogens is 3. The lowest BCUT2D eigenvalue weighted by molar-refractivity contribution is -0.123. The molecule has 0 aliphatic carbocycles. The van der Waals surface area contributed by atoms with Crippen LogP contribution in [0.15, 0.2) is 12.1 Å². The fourth-order valence-electron chi connectivity index (χ4n) is 1.66. The fraction of sp³-hybridized carbons (Fsp3) is 0.385. The lowest BCUT2D eigenvalue weighted by Crippen LogP contribution is -2.33. The van der Waals surface area contributed by atoms with Crippen molar-refractivity contribution in [2.45, 2.75) is 26.7 Å². The molecule has 0 radical (unpaired) electrons. The third-order valence-electron chi connectivity index (χ3n) is 3.10. The third-order valence-corrected chi connectivity index (χ3v) is 3.65. The Morgan fingerprint density at radius 1 is 1.37 bits per heavy atom. The van der Waals surface area contributed by atoms with E-state index in [-0.39, 0.29) is 15.7 Å². The first-order valence-corrected chi connectivity index (χ1v) is 6.53. The summed E-state index contributed by atoms with van der Waals surface area (Å²) >= 11 is 11.3. The van der Waals surface area contributed by atoms with Gasteiger partial charge >= 0.3 is 0 Å². The van der Waals surface area contributed by atoms with Crippen molar-refractivity contribution >= 4 is 34.8 Å². The van der Waals surface area contributed by atoms with Crippen LogP contribution in [0.25, 0.3) is 0 Å². The SMILES string of the molecule is CCC(C#N)(CC)C(=O)Nc1cc(Cl)c(F)c(Cl)c1. The second-order valence-electron chi connectivity index (χ2n) is 4.11. The van der Waals surface area contributed by atoms with Gasteiger partial charge in [0.25, 0.3) is 0 Å². The van der Waals surface area contributed by atoms with Crippen LogP contribution >= 0.6 is 23.2 Å². The number of benzene rings is 1. The first-order valence-electron chi connectivity index (χ1n) is 5.77. The Morgan fingerprint density at radius 3 is 2.21 bits per heavy atom. The Kier molecular flexibility index (Phi) is 5.16. The van der Waals surface area contributed by atoms with Crippen molar-refractivity contribution in [1.29, 1.82) is 5.26 Å². The zero-order chi connectivity index (χ0) is 14.6. The Morgan fingerprint density at radius 2 is 1.84 bits per heavy atom. The lowest BCUT2D eigenvalue weighted by atomic mass is 9.83. The second-order valence-corrected chi connectivity index (χ2v) is 4.92. The van der Waals surface area contributed by atoms with Crippen molar-refractivity contribution in [2.75, 3.05) is 5.32 Å². The number of hydrogen-bond donors (Lipinski definition) is 1. The first-order chi connectivity index (χ1) is 8.90. The maximum atomic E-state index is 13.3. The summed E-state index contributed by atoms with van der Waals surface area (Å²) < 4.78 is 13.3. The maximum absolute atomic E-state index is 13.3. The highest BCUT2D eigenvalue weighted by atomic mass is 35.5. The summed E-state index contributed by atoms with van der Waals surface area (Å²) in [4.78, 5) is 12.1. The summed E-state index contributed by atoms with van der Waals surface area (Å²) in [5, 5.41) is 11.3. The van der Waals surface area contributed by atoms with E-state index in [9.17, 15) is 9.18 Å². The highest BCUT2D eigenvalue weighted by molar-refractivity contribution is 6.35. The number of carbonyl (C=O) groups is 1. The molecule has 0 saturated heterocycles.